The predicted molar refractivity (Wildman–Crippen MR) is 288 cm³/mol. The Morgan fingerprint density at radius 3 is 1.76 bits per heavy atom. The minimum Gasteiger partial charge on any atom is -0.432 e. The lowest BCUT2D eigenvalue weighted by Crippen LogP contribution is -2.66. The van der Waals surface area contributed by atoms with Crippen molar-refractivity contribution in [2.75, 3.05) is 26.4 Å². The van der Waals surface area contributed by atoms with Gasteiger partial charge in [0.25, 0.3) is 0 Å². The van der Waals surface area contributed by atoms with Crippen LogP contribution < -0.4 is 0 Å². The van der Waals surface area contributed by atoms with Crippen molar-refractivity contribution in [3.05, 3.63) is 11.6 Å². The fraction of sp³-hybridized carbons (Fsp3) is 0.949. The molecule has 10 rings (SSSR count). The molecule has 0 aromatic heterocycles. The fourth-order valence-corrected chi connectivity index (χ4v) is 17.6. The van der Waals surface area contributed by atoms with E-state index in [0.717, 1.165) is 24.8 Å². The van der Waals surface area contributed by atoms with Gasteiger partial charge in [0.15, 0.2) is 25.2 Å². The van der Waals surface area contributed by atoms with Crippen LogP contribution in [0.5, 0.6) is 0 Å². The second-order valence-corrected chi connectivity index (χ2v) is 28.4. The topological polar surface area (TPSA) is 413 Å². The Balaban J connectivity index is 0.833. The molecule has 0 aromatic carbocycles. The zero-order valence-electron chi connectivity index (χ0n) is 49.8. The molecule has 15 N–H and O–H groups in total. The summed E-state index contributed by atoms with van der Waals surface area (Å²) < 4.78 is 59.5. The summed E-state index contributed by atoms with van der Waals surface area (Å²) in [7, 11) is 0. The van der Waals surface area contributed by atoms with Gasteiger partial charge >= 0.3 is 5.97 Å². The largest absolute Gasteiger partial charge is 0.432 e. The molecule has 0 spiro atoms. The molecule has 5 aliphatic heterocycles. The quantitative estimate of drug-likeness (QED) is 0.0513. The van der Waals surface area contributed by atoms with Gasteiger partial charge in [-0.25, -0.2) is 0 Å². The van der Waals surface area contributed by atoms with Gasteiger partial charge in [0.05, 0.1) is 43.5 Å². The lowest BCUT2D eigenvalue weighted by atomic mass is 9.33. The highest BCUT2D eigenvalue weighted by Crippen LogP contribution is 2.76. The summed E-state index contributed by atoms with van der Waals surface area (Å²) in [6.45, 7) is 14.6. The number of rotatable bonds is 13. The van der Waals surface area contributed by atoms with E-state index in [1.165, 1.54) is 13.8 Å². The molecule has 488 valence electrons. The van der Waals surface area contributed by atoms with E-state index < -0.39 is 200 Å². The number of ether oxygens (including phenoxy) is 10. The van der Waals surface area contributed by atoms with Crippen LogP contribution in [-0.4, -0.2) is 263 Å². The first-order valence-electron chi connectivity index (χ1n) is 30.6. The molecule has 5 saturated heterocycles. The van der Waals surface area contributed by atoms with Crippen LogP contribution in [0.1, 0.15) is 120 Å². The lowest BCUT2D eigenvalue weighted by Gasteiger charge is -2.71. The first-order chi connectivity index (χ1) is 39.8. The number of allylic oxidation sites excluding steroid dienone is 2. The summed E-state index contributed by atoms with van der Waals surface area (Å²) in [5.41, 5.74) is -1.95. The molecule has 4 saturated carbocycles. The second kappa shape index (κ2) is 24.4. The summed E-state index contributed by atoms with van der Waals surface area (Å²) in [5.74, 6) is -0.762. The van der Waals surface area contributed by atoms with Crippen molar-refractivity contribution in [1.82, 2.24) is 0 Å². The summed E-state index contributed by atoms with van der Waals surface area (Å²) in [5, 5.41) is 162. The van der Waals surface area contributed by atoms with Crippen molar-refractivity contribution in [1.29, 1.82) is 0 Å². The Hall–Kier alpha value is -1.75. The number of aliphatic hydroxyl groups excluding tert-OH is 15. The van der Waals surface area contributed by atoms with Crippen molar-refractivity contribution < 1.29 is 129 Å². The van der Waals surface area contributed by atoms with Gasteiger partial charge in [-0.05, 0) is 123 Å². The smallest absolute Gasteiger partial charge is 0.315 e. The van der Waals surface area contributed by atoms with E-state index in [1.807, 2.05) is 6.92 Å². The first-order valence-corrected chi connectivity index (χ1v) is 30.6. The zero-order chi connectivity index (χ0) is 62.0. The Bertz CT molecular complexity index is 2370. The highest BCUT2D eigenvalue weighted by atomic mass is 16.8. The maximum absolute atomic E-state index is 15.3. The normalized spacial score (nSPS) is 55.3. The van der Waals surface area contributed by atoms with Crippen molar-refractivity contribution in [3.8, 4) is 0 Å². The molecule has 5 heterocycles. The Morgan fingerprint density at radius 2 is 1.14 bits per heavy atom. The van der Waals surface area contributed by atoms with E-state index in [2.05, 4.69) is 40.7 Å². The molecule has 10 aliphatic rings. The molecule has 5 aliphatic carbocycles. The molecule has 0 unspecified atom stereocenters. The summed E-state index contributed by atoms with van der Waals surface area (Å²) >= 11 is 0. The van der Waals surface area contributed by atoms with E-state index in [9.17, 15) is 76.6 Å². The Morgan fingerprint density at radius 1 is 0.565 bits per heavy atom. The van der Waals surface area contributed by atoms with Crippen LogP contribution in [-0.2, 0) is 52.2 Å². The van der Waals surface area contributed by atoms with Crippen LogP contribution in [0.2, 0.25) is 0 Å². The first kappa shape index (κ1) is 66.2. The van der Waals surface area contributed by atoms with Crippen LogP contribution in [0.3, 0.4) is 0 Å². The van der Waals surface area contributed by atoms with Gasteiger partial charge in [-0.2, -0.15) is 0 Å². The molecule has 26 heteroatoms. The van der Waals surface area contributed by atoms with Crippen LogP contribution in [0.4, 0.5) is 0 Å². The van der Waals surface area contributed by atoms with E-state index >= 15 is 4.79 Å². The number of carbonyl (C=O) groups is 1. The van der Waals surface area contributed by atoms with Crippen molar-refractivity contribution in [3.63, 3.8) is 0 Å². The third-order valence-electron chi connectivity index (χ3n) is 23.3. The minimum absolute atomic E-state index is 0.121. The second-order valence-electron chi connectivity index (χ2n) is 28.4. The number of fused-ring (bicyclic) bond motifs is 7. The summed E-state index contributed by atoms with van der Waals surface area (Å²) in [6.07, 6.45) is -29.4. The molecule has 26 nitrogen and oxygen atoms in total. The van der Waals surface area contributed by atoms with Gasteiger partial charge < -0.3 is 124 Å². The highest BCUT2D eigenvalue weighted by Gasteiger charge is 2.70. The molecule has 0 radical (unpaired) electrons. The van der Waals surface area contributed by atoms with E-state index in [0.29, 0.717) is 44.9 Å². The van der Waals surface area contributed by atoms with Gasteiger partial charge in [0, 0.05) is 6.61 Å². The van der Waals surface area contributed by atoms with Gasteiger partial charge in [-0.3, -0.25) is 4.79 Å². The Labute approximate surface area is 494 Å². The monoisotopic (exact) mass is 1220 g/mol. The number of esters is 1. The molecule has 85 heavy (non-hydrogen) atoms. The van der Waals surface area contributed by atoms with Gasteiger partial charge in [-0.1, -0.05) is 53.2 Å². The number of aliphatic hydroxyl groups is 15. The van der Waals surface area contributed by atoms with Crippen LogP contribution in [0, 0.1) is 50.2 Å². The molecule has 33 atom stereocenters. The maximum atomic E-state index is 15.3. The SMILES string of the molecule is C[C@@H]1O[C@@H](O[C@H]2[C@H](O)[C@@H](O)[C@H](OC[C@H]3O[C@@H](OC(=O)[C@]45CC[C@@](C)(CO)C[C@H]4C4=CC[C@@H]6[C@@]7(C)CC[C@H](O[C@H]8OC[C@@H](O)[C@@H](O)[C@@H]8O[C@H]8O[C@H](C)[C@@H](O)[C@H](O)[C@@H]8O)C(C)(C)[C@@H]7CC[C@@]6(C)[C@]4(C)CC5)[C@H](O)[C@@H](O)[C@@H]3O)O[C@@H]2CO)[C@H](O)[C@H](O)[C@H]1O. The predicted octanol–water partition coefficient (Wildman–Crippen LogP) is -2.54. The summed E-state index contributed by atoms with van der Waals surface area (Å²) in [4.78, 5) is 15.3. The molecule has 0 aromatic rings. The number of carbonyl (C=O) groups excluding carboxylic acids is 1. The molecular weight excluding hydrogens is 1120 g/mol. The van der Waals surface area contributed by atoms with Crippen LogP contribution >= 0.6 is 0 Å². The summed E-state index contributed by atoms with van der Waals surface area (Å²) in [6, 6.07) is 0. The molecule has 9 fully saturated rings. The van der Waals surface area contributed by atoms with E-state index in [1.54, 1.807) is 0 Å². The van der Waals surface area contributed by atoms with Gasteiger partial charge in [-0.15, -0.1) is 0 Å². The average Bonchev–Trinajstić information content (AvgIpc) is 1.68. The third-order valence-corrected chi connectivity index (χ3v) is 23.3. The van der Waals surface area contributed by atoms with Crippen molar-refractivity contribution in [2.45, 2.75) is 273 Å². The number of hydrogen-bond donors (Lipinski definition) is 15. The van der Waals surface area contributed by atoms with Crippen LogP contribution in [0.25, 0.3) is 0 Å². The maximum Gasteiger partial charge on any atom is 0.315 e. The molecule has 0 bridgehead atoms. The standard InChI is InChI=1S/C59H96O26/c1-24-34(63)38(67)42(71)49(78-24)83-46-29(20-60)80-48(45(74)41(46)70)77-22-30-37(66)40(69)44(73)51(81-30)85-53(75)59-17-15-55(5,23-61)19-27(59)26-9-10-32-56(6)13-12-33(54(3,4)31(56)11-14-58(32,8)57(26,7)16-18-59)82-52-47(36(65)28(62)21-76-52)84-50-43(72)39(68)35(64)25(2)79-50/h9,24-25,27-52,60-74H,10-23H2,1-8H3/t24-,25+,27-,28+,29+,30+,31-,32+,33-,34-,35+,36+,37+,38+,39-,40-,41+,42+,43-,44+,45+,46+,47-,48+,49-,50+,51-,52+,55+,56-,57+,58+,59-/m0/s1. The highest BCUT2D eigenvalue weighted by molar-refractivity contribution is 5.79. The average molecular weight is 1220 g/mol. The third kappa shape index (κ3) is 11.1. The van der Waals surface area contributed by atoms with Crippen molar-refractivity contribution >= 4 is 5.97 Å². The number of hydrogen-bond acceptors (Lipinski definition) is 26. The van der Waals surface area contributed by atoms with E-state index in [4.69, 9.17) is 47.4 Å². The molecular formula is C59H96O26. The fourth-order valence-electron chi connectivity index (χ4n) is 17.6. The lowest BCUT2D eigenvalue weighted by molar-refractivity contribution is -0.364. The van der Waals surface area contributed by atoms with Gasteiger partial charge in [0.2, 0.25) is 6.29 Å². The van der Waals surface area contributed by atoms with Gasteiger partial charge in [0.1, 0.15) is 104 Å². The molecule has 0 amide bonds. The minimum atomic E-state index is -1.92. The Kier molecular flexibility index (Phi) is 19.0. The van der Waals surface area contributed by atoms with Crippen LogP contribution in [0.15, 0.2) is 11.6 Å². The van der Waals surface area contributed by atoms with Crippen molar-refractivity contribution in [2.24, 2.45) is 50.2 Å². The van der Waals surface area contributed by atoms with E-state index in [-0.39, 0.29) is 35.9 Å². The zero-order valence-corrected chi connectivity index (χ0v) is 49.8.